The van der Waals surface area contributed by atoms with Crippen LogP contribution in [0.4, 0.5) is 0 Å². The second-order valence-electron chi connectivity index (χ2n) is 14.7. The van der Waals surface area contributed by atoms with Crippen LogP contribution in [0.3, 0.4) is 0 Å². The molecule has 1 spiro atoms. The van der Waals surface area contributed by atoms with Crippen molar-refractivity contribution in [2.24, 2.45) is 0 Å². The summed E-state index contributed by atoms with van der Waals surface area (Å²) in [6.45, 7) is 0. The van der Waals surface area contributed by atoms with Crippen molar-refractivity contribution >= 4 is 21.8 Å². The summed E-state index contributed by atoms with van der Waals surface area (Å²) in [6.07, 6.45) is 0. The molecule has 2 aliphatic heterocycles. The van der Waals surface area contributed by atoms with Gasteiger partial charge in [0, 0.05) is 38.6 Å². The molecule has 57 heavy (non-hydrogen) atoms. The highest BCUT2D eigenvalue weighted by atomic mass is 16.5. The van der Waals surface area contributed by atoms with Crippen LogP contribution in [0.1, 0.15) is 22.3 Å². The topological polar surface area (TPSA) is 52.8 Å². The summed E-state index contributed by atoms with van der Waals surface area (Å²) in [7, 11) is 0. The van der Waals surface area contributed by atoms with Crippen LogP contribution in [0.25, 0.3) is 72.8 Å². The van der Waals surface area contributed by atoms with Crippen LogP contribution in [0.2, 0.25) is 0 Å². The third-order valence-corrected chi connectivity index (χ3v) is 11.7. The van der Waals surface area contributed by atoms with E-state index in [0.29, 0.717) is 17.5 Å². The van der Waals surface area contributed by atoms with Crippen molar-refractivity contribution < 1.29 is 4.74 Å². The SMILES string of the molecule is c1ccc(-c2ccc(-c3nc(-c4ccccc4)nc(-c4ccc5c(c4)Oc4ccccc4C54c5ccccc5-n5c6ccccc6c6cccc4c65)n3)cc2)cc1. The minimum atomic E-state index is -0.650. The molecular formula is C52H32N4O. The highest BCUT2D eigenvalue weighted by molar-refractivity contribution is 6.12. The van der Waals surface area contributed by atoms with Crippen LogP contribution < -0.4 is 4.74 Å². The quantitative estimate of drug-likeness (QED) is 0.181. The predicted molar refractivity (Wildman–Crippen MR) is 228 cm³/mol. The summed E-state index contributed by atoms with van der Waals surface area (Å²) in [5.74, 6) is 3.41. The Morgan fingerprint density at radius 1 is 0.368 bits per heavy atom. The van der Waals surface area contributed by atoms with Crippen LogP contribution in [-0.2, 0) is 5.41 Å². The van der Waals surface area contributed by atoms with Crippen molar-refractivity contribution in [1.29, 1.82) is 0 Å². The Bertz CT molecular complexity index is 3210. The number of benzene rings is 8. The van der Waals surface area contributed by atoms with Gasteiger partial charge < -0.3 is 9.30 Å². The van der Waals surface area contributed by atoms with Gasteiger partial charge in [0.25, 0.3) is 0 Å². The first-order valence-corrected chi connectivity index (χ1v) is 19.3. The van der Waals surface area contributed by atoms with Gasteiger partial charge in [-0.3, -0.25) is 0 Å². The van der Waals surface area contributed by atoms with Gasteiger partial charge in [-0.1, -0.05) is 170 Å². The first kappa shape index (κ1) is 31.7. The number of aromatic nitrogens is 4. The van der Waals surface area contributed by atoms with Crippen molar-refractivity contribution in [3.8, 4) is 62.5 Å². The molecule has 5 heteroatoms. The molecule has 0 saturated carbocycles. The van der Waals surface area contributed by atoms with Gasteiger partial charge in [0.05, 0.1) is 22.1 Å². The predicted octanol–water partition coefficient (Wildman–Crippen LogP) is 12.4. The van der Waals surface area contributed by atoms with Crippen LogP contribution in [0.15, 0.2) is 194 Å². The third-order valence-electron chi connectivity index (χ3n) is 11.7. The van der Waals surface area contributed by atoms with Crippen LogP contribution in [0, 0.1) is 0 Å². The van der Waals surface area contributed by atoms with E-state index in [0.717, 1.165) is 50.4 Å². The molecule has 0 N–H and O–H groups in total. The molecule has 10 aromatic rings. The van der Waals surface area contributed by atoms with E-state index in [-0.39, 0.29) is 0 Å². The summed E-state index contributed by atoms with van der Waals surface area (Å²) in [6, 6.07) is 68.3. The lowest BCUT2D eigenvalue weighted by molar-refractivity contribution is 0.434. The first-order valence-electron chi connectivity index (χ1n) is 19.3. The normalized spacial score (nSPS) is 14.9. The van der Waals surface area contributed by atoms with Crippen molar-refractivity contribution in [1.82, 2.24) is 19.5 Å². The fourth-order valence-corrected chi connectivity index (χ4v) is 9.26. The largest absolute Gasteiger partial charge is 0.457 e. The van der Waals surface area contributed by atoms with E-state index in [1.54, 1.807) is 0 Å². The molecule has 0 saturated heterocycles. The second-order valence-corrected chi connectivity index (χ2v) is 14.7. The Kier molecular flexibility index (Phi) is 6.78. The maximum Gasteiger partial charge on any atom is 0.164 e. The first-order chi connectivity index (χ1) is 28.3. The molecule has 266 valence electrons. The zero-order valence-electron chi connectivity index (χ0n) is 30.7. The molecule has 1 unspecified atom stereocenters. The molecule has 4 heterocycles. The molecule has 0 aliphatic carbocycles. The summed E-state index contributed by atoms with van der Waals surface area (Å²) >= 11 is 0. The van der Waals surface area contributed by atoms with E-state index >= 15 is 0 Å². The number of para-hydroxylation sites is 4. The minimum absolute atomic E-state index is 0.580. The zero-order chi connectivity index (χ0) is 37.5. The molecule has 12 rings (SSSR count). The van der Waals surface area contributed by atoms with Crippen molar-refractivity contribution in [3.63, 3.8) is 0 Å². The average molecular weight is 729 g/mol. The minimum Gasteiger partial charge on any atom is -0.457 e. The summed E-state index contributed by atoms with van der Waals surface area (Å²) in [5, 5.41) is 2.48. The van der Waals surface area contributed by atoms with Crippen LogP contribution >= 0.6 is 0 Å². The number of fused-ring (bicyclic) bond motifs is 11. The molecule has 0 radical (unpaired) electrons. The Balaban J connectivity index is 1.08. The summed E-state index contributed by atoms with van der Waals surface area (Å²) in [4.78, 5) is 15.3. The fourth-order valence-electron chi connectivity index (χ4n) is 9.26. The molecular weight excluding hydrogens is 697 g/mol. The lowest BCUT2D eigenvalue weighted by atomic mass is 9.61. The van der Waals surface area contributed by atoms with E-state index in [1.807, 2.05) is 36.4 Å². The van der Waals surface area contributed by atoms with E-state index in [1.165, 1.54) is 38.6 Å². The Hall–Kier alpha value is -7.63. The molecule has 2 aromatic heterocycles. The molecule has 8 aromatic carbocycles. The van der Waals surface area contributed by atoms with Gasteiger partial charge in [-0.25, -0.2) is 15.0 Å². The summed E-state index contributed by atoms with van der Waals surface area (Å²) in [5.41, 5.74) is 12.6. The van der Waals surface area contributed by atoms with Crippen LogP contribution in [0.5, 0.6) is 11.5 Å². The highest BCUT2D eigenvalue weighted by Gasteiger charge is 2.50. The van der Waals surface area contributed by atoms with Crippen LogP contribution in [-0.4, -0.2) is 19.5 Å². The highest BCUT2D eigenvalue weighted by Crippen LogP contribution is 2.60. The molecule has 0 amide bonds. The molecule has 0 fully saturated rings. The second kappa shape index (κ2) is 12.2. The van der Waals surface area contributed by atoms with Gasteiger partial charge in [-0.2, -0.15) is 0 Å². The Morgan fingerprint density at radius 3 is 1.68 bits per heavy atom. The van der Waals surface area contributed by atoms with Gasteiger partial charge in [-0.15, -0.1) is 0 Å². The maximum absolute atomic E-state index is 6.93. The molecule has 2 aliphatic rings. The lowest BCUT2D eigenvalue weighted by Gasteiger charge is -2.45. The Labute approximate surface area is 329 Å². The third kappa shape index (κ3) is 4.60. The summed E-state index contributed by atoms with van der Waals surface area (Å²) < 4.78 is 9.39. The number of hydrogen-bond donors (Lipinski definition) is 0. The fraction of sp³-hybridized carbons (Fsp3) is 0.0192. The number of hydrogen-bond acceptors (Lipinski definition) is 4. The lowest BCUT2D eigenvalue weighted by Crippen LogP contribution is -2.37. The van der Waals surface area contributed by atoms with E-state index < -0.39 is 5.41 Å². The monoisotopic (exact) mass is 728 g/mol. The van der Waals surface area contributed by atoms with Gasteiger partial charge in [-0.05, 0) is 46.5 Å². The number of ether oxygens (including phenoxy) is 1. The van der Waals surface area contributed by atoms with E-state index in [9.17, 15) is 0 Å². The smallest absolute Gasteiger partial charge is 0.164 e. The number of rotatable bonds is 4. The average Bonchev–Trinajstić information content (AvgIpc) is 3.63. The number of nitrogens with zero attached hydrogens (tertiary/aromatic N) is 4. The van der Waals surface area contributed by atoms with Gasteiger partial charge in [0.2, 0.25) is 0 Å². The molecule has 1 atom stereocenters. The van der Waals surface area contributed by atoms with Gasteiger partial charge >= 0.3 is 0 Å². The molecule has 5 nitrogen and oxygen atoms in total. The van der Waals surface area contributed by atoms with Gasteiger partial charge in [0.15, 0.2) is 17.5 Å². The Morgan fingerprint density at radius 2 is 0.895 bits per heavy atom. The van der Waals surface area contributed by atoms with Crippen molar-refractivity contribution in [2.75, 3.05) is 0 Å². The van der Waals surface area contributed by atoms with Crippen molar-refractivity contribution in [2.45, 2.75) is 5.41 Å². The standard InChI is InChI=1S/C52H32N4O/c1-3-14-33(15-4-1)34-26-28-36(29-27-34)50-53-49(35-16-5-2-6-17-35)54-51(55-50)37-30-31-42-47(32-37)57-46-25-12-9-21-41(46)52(42)40-20-8-11-24-45(40)56-44-23-10-7-18-38(44)39-19-13-22-43(52)48(39)56/h1-32H. The maximum atomic E-state index is 6.93. The van der Waals surface area contributed by atoms with E-state index in [2.05, 4.69) is 162 Å². The molecule has 0 bridgehead atoms. The van der Waals surface area contributed by atoms with E-state index in [4.69, 9.17) is 19.7 Å². The van der Waals surface area contributed by atoms with Gasteiger partial charge in [0.1, 0.15) is 11.5 Å². The zero-order valence-corrected chi connectivity index (χ0v) is 30.7. The van der Waals surface area contributed by atoms with Crippen molar-refractivity contribution in [3.05, 3.63) is 216 Å².